The Balaban J connectivity index is 1.19. The van der Waals surface area contributed by atoms with E-state index in [0.29, 0.717) is 42.7 Å². The van der Waals surface area contributed by atoms with Crippen LogP contribution in [0.1, 0.15) is 48.6 Å². The highest BCUT2D eigenvalue weighted by atomic mass is 19.1. The first kappa shape index (κ1) is 34.3. The quantitative estimate of drug-likeness (QED) is 0.325. The maximum atomic E-state index is 14.5. The number of fused-ring (bicyclic) bond motifs is 1. The van der Waals surface area contributed by atoms with E-state index in [-0.39, 0.29) is 23.9 Å². The van der Waals surface area contributed by atoms with Gasteiger partial charge in [0, 0.05) is 51.2 Å². The third-order valence-corrected chi connectivity index (χ3v) is 10.1. The number of carbonyl (C=O) groups excluding carboxylic acids is 2. The van der Waals surface area contributed by atoms with Crippen molar-refractivity contribution in [2.24, 2.45) is 7.05 Å². The van der Waals surface area contributed by atoms with Gasteiger partial charge in [-0.3, -0.25) is 9.69 Å². The molecule has 2 aromatic carbocycles. The lowest BCUT2D eigenvalue weighted by Gasteiger charge is -2.41. The number of rotatable bonds is 9. The molecule has 2 aliphatic heterocycles. The first-order valence-corrected chi connectivity index (χ1v) is 16.9. The van der Waals surface area contributed by atoms with E-state index in [1.807, 2.05) is 42.9 Å². The smallest absolute Gasteiger partial charge is 0.415 e. The topological polar surface area (TPSA) is 88.5 Å². The van der Waals surface area contributed by atoms with Crippen molar-refractivity contribution < 1.29 is 28.2 Å². The van der Waals surface area contributed by atoms with Gasteiger partial charge in [0.15, 0.2) is 11.5 Å². The molecule has 0 atom stereocenters. The molecule has 11 heteroatoms. The molecule has 2 fully saturated rings. The second-order valence-corrected chi connectivity index (χ2v) is 13.1. The molecule has 1 aromatic heterocycles. The number of benzene rings is 2. The molecular weight excluding hydrogens is 625 g/mol. The first-order chi connectivity index (χ1) is 23.6. The fourth-order valence-corrected chi connectivity index (χ4v) is 7.11. The van der Waals surface area contributed by atoms with Crippen LogP contribution in [-0.4, -0.2) is 97.8 Å². The third-order valence-electron chi connectivity index (χ3n) is 10.1. The molecule has 260 valence electrons. The van der Waals surface area contributed by atoms with Crippen LogP contribution in [0.25, 0.3) is 17.2 Å². The Bertz CT molecular complexity index is 1740. The van der Waals surface area contributed by atoms with Crippen LogP contribution in [0, 0.1) is 5.82 Å². The van der Waals surface area contributed by atoms with Gasteiger partial charge in [0.05, 0.1) is 27.2 Å². The normalized spacial score (nSPS) is 18.2. The van der Waals surface area contributed by atoms with Crippen LogP contribution in [-0.2, 0) is 18.4 Å². The number of nitrogens with zero attached hydrogens (tertiary/aromatic N) is 4. The molecule has 49 heavy (non-hydrogen) atoms. The first-order valence-electron chi connectivity index (χ1n) is 16.9. The monoisotopic (exact) mass is 671 g/mol. The lowest BCUT2D eigenvalue weighted by atomic mass is 10.00. The Hall–Kier alpha value is -4.61. The predicted octanol–water partition coefficient (Wildman–Crippen LogP) is 5.43. The zero-order valence-electron chi connectivity index (χ0n) is 29.1. The minimum Gasteiger partial charge on any atom is -0.493 e. The summed E-state index contributed by atoms with van der Waals surface area (Å²) in [5, 5.41) is 2.99. The van der Waals surface area contributed by atoms with Crippen LogP contribution in [0.15, 0.2) is 54.2 Å². The number of allylic oxidation sites excluding steroid dienone is 2. The summed E-state index contributed by atoms with van der Waals surface area (Å²) in [5.74, 6) is 0.399. The van der Waals surface area contributed by atoms with Gasteiger partial charge in [0.2, 0.25) is 11.7 Å². The maximum Gasteiger partial charge on any atom is 0.415 e. The minimum absolute atomic E-state index is 0.109. The predicted molar refractivity (Wildman–Crippen MR) is 188 cm³/mol. The van der Waals surface area contributed by atoms with Crippen molar-refractivity contribution in [2.45, 2.75) is 38.8 Å². The summed E-state index contributed by atoms with van der Waals surface area (Å²) in [4.78, 5) is 33.0. The van der Waals surface area contributed by atoms with Gasteiger partial charge in [-0.05, 0) is 116 Å². The lowest BCUT2D eigenvalue weighted by Crippen LogP contribution is -2.54. The number of likely N-dealkylation sites (tertiary alicyclic amines) is 1. The summed E-state index contributed by atoms with van der Waals surface area (Å²) in [6.07, 6.45) is 5.87. The number of piperidine rings is 1. The van der Waals surface area contributed by atoms with Crippen molar-refractivity contribution in [3.8, 4) is 17.2 Å². The molecule has 0 radical (unpaired) electrons. The molecule has 1 N–H and O–H groups in total. The summed E-state index contributed by atoms with van der Waals surface area (Å²) < 4.78 is 33.8. The Kier molecular flexibility index (Phi) is 10.4. The molecule has 1 aliphatic carbocycles. The number of halogens is 1. The number of aromatic nitrogens is 1. The van der Waals surface area contributed by atoms with E-state index in [0.717, 1.165) is 72.6 Å². The minimum atomic E-state index is -0.439. The van der Waals surface area contributed by atoms with Gasteiger partial charge in [0.1, 0.15) is 5.82 Å². The molecule has 10 nitrogen and oxygen atoms in total. The molecular formula is C38H46FN5O5. The molecule has 0 saturated carbocycles. The average molecular weight is 672 g/mol. The molecule has 3 aromatic rings. The van der Waals surface area contributed by atoms with Crippen molar-refractivity contribution in [3.05, 3.63) is 82.4 Å². The zero-order valence-corrected chi connectivity index (χ0v) is 29.1. The lowest BCUT2D eigenvalue weighted by molar-refractivity contribution is -0.120. The van der Waals surface area contributed by atoms with E-state index >= 15 is 0 Å². The van der Waals surface area contributed by atoms with Crippen LogP contribution in [0.5, 0.6) is 17.2 Å². The van der Waals surface area contributed by atoms with Gasteiger partial charge in [-0.2, -0.15) is 0 Å². The van der Waals surface area contributed by atoms with Gasteiger partial charge >= 0.3 is 6.09 Å². The van der Waals surface area contributed by atoms with E-state index in [9.17, 15) is 14.0 Å². The number of hydrogen-bond acceptors (Lipinski definition) is 7. The number of ether oxygens (including phenoxy) is 3. The second kappa shape index (κ2) is 14.9. The zero-order chi connectivity index (χ0) is 34.7. The Morgan fingerprint density at radius 3 is 2.27 bits per heavy atom. The molecule has 3 heterocycles. The number of piperazine rings is 1. The van der Waals surface area contributed by atoms with Crippen LogP contribution in [0.2, 0.25) is 0 Å². The summed E-state index contributed by atoms with van der Waals surface area (Å²) >= 11 is 0. The number of nitrogens with one attached hydrogen (secondary N) is 1. The summed E-state index contributed by atoms with van der Waals surface area (Å²) in [7, 11) is 7.14. The number of aryl methyl sites for hydroxylation is 1. The highest BCUT2D eigenvalue weighted by Gasteiger charge is 2.31. The Morgan fingerprint density at radius 1 is 0.939 bits per heavy atom. The highest BCUT2D eigenvalue weighted by Crippen LogP contribution is 2.45. The molecule has 6 rings (SSSR count). The van der Waals surface area contributed by atoms with Crippen molar-refractivity contribution in [1.29, 1.82) is 0 Å². The third kappa shape index (κ3) is 7.52. The van der Waals surface area contributed by atoms with Gasteiger partial charge < -0.3 is 33.9 Å². The van der Waals surface area contributed by atoms with Crippen LogP contribution in [0.3, 0.4) is 0 Å². The number of methoxy groups -OCH3 is 2. The van der Waals surface area contributed by atoms with Crippen molar-refractivity contribution >= 4 is 29.2 Å². The standard InChI is InChI=1S/C38H46FN5O5/c1-25-31(30-9-8-27(39)22-33(30)32(25)23-36(45)40-24-29-7-6-12-42(29)3)19-26-20-34(47-4)37(35(21-26)48-5)49-38(46)44-17-15-43(16-18-44)28-10-13-41(2)14-11-28/h6-9,12,19-22,28H,10-11,13-18,23-24H2,1-5H3,(H,40,45)/b31-19-. The van der Waals surface area contributed by atoms with Crippen LogP contribution >= 0.6 is 0 Å². The summed E-state index contributed by atoms with van der Waals surface area (Å²) in [6, 6.07) is 12.7. The molecule has 3 aliphatic rings. The van der Waals surface area contributed by atoms with Gasteiger partial charge in [0.25, 0.3) is 0 Å². The molecule has 0 spiro atoms. The van der Waals surface area contributed by atoms with Crippen LogP contribution in [0.4, 0.5) is 9.18 Å². The molecule has 2 saturated heterocycles. The number of hydrogen-bond donors (Lipinski definition) is 1. The fraction of sp³-hybridized carbons (Fsp3) is 0.421. The SMILES string of the molecule is COc1cc(/C=C2/C(C)=C(CC(=O)NCc3cccn3C)c3cc(F)ccc32)cc(OC)c1OC(=O)N1CCN(C2CCN(C)CC2)CC1. The second-order valence-electron chi connectivity index (χ2n) is 13.1. The van der Waals surface area contributed by atoms with Gasteiger partial charge in [-0.1, -0.05) is 6.07 Å². The van der Waals surface area contributed by atoms with E-state index < -0.39 is 6.09 Å². The molecule has 0 unspecified atom stereocenters. The maximum absolute atomic E-state index is 14.5. The van der Waals surface area contributed by atoms with E-state index in [2.05, 4.69) is 22.2 Å². The number of carbonyl (C=O) groups is 2. The van der Waals surface area contributed by atoms with Gasteiger partial charge in [-0.15, -0.1) is 0 Å². The van der Waals surface area contributed by atoms with E-state index in [1.54, 1.807) is 23.1 Å². The van der Waals surface area contributed by atoms with Crippen molar-refractivity contribution in [3.63, 3.8) is 0 Å². The van der Waals surface area contributed by atoms with Gasteiger partial charge in [-0.25, -0.2) is 9.18 Å². The fourth-order valence-electron chi connectivity index (χ4n) is 7.11. The molecule has 0 bridgehead atoms. The highest BCUT2D eigenvalue weighted by molar-refractivity contribution is 6.08. The summed E-state index contributed by atoms with van der Waals surface area (Å²) in [6.45, 7) is 7.38. The molecule has 2 amide bonds. The van der Waals surface area contributed by atoms with E-state index in [1.165, 1.54) is 26.4 Å². The van der Waals surface area contributed by atoms with Crippen LogP contribution < -0.4 is 19.5 Å². The largest absolute Gasteiger partial charge is 0.493 e. The van der Waals surface area contributed by atoms with Crippen molar-refractivity contribution in [1.82, 2.24) is 24.6 Å². The Morgan fingerprint density at radius 2 is 1.63 bits per heavy atom. The Labute approximate surface area is 287 Å². The summed E-state index contributed by atoms with van der Waals surface area (Å²) in [5.41, 5.74) is 5.75. The van der Waals surface area contributed by atoms with E-state index in [4.69, 9.17) is 14.2 Å². The average Bonchev–Trinajstić information content (AvgIpc) is 3.63. The number of amides is 2. The van der Waals surface area contributed by atoms with Crippen molar-refractivity contribution in [2.75, 3.05) is 60.5 Å².